The zero-order valence-corrected chi connectivity index (χ0v) is 7.20. The summed E-state index contributed by atoms with van der Waals surface area (Å²) in [6, 6.07) is 1.58. The molecule has 13 heavy (non-hydrogen) atoms. The lowest BCUT2D eigenvalue weighted by Crippen LogP contribution is -2.28. The number of nitriles is 1. The predicted octanol–water partition coefficient (Wildman–Crippen LogP) is -0.0429. The Kier molecular flexibility index (Phi) is 2.65. The maximum atomic E-state index is 11.1. The Morgan fingerprint density at radius 2 is 2.62 bits per heavy atom. The Bertz CT molecular complexity index is 314. The summed E-state index contributed by atoms with van der Waals surface area (Å²) in [6.45, 7) is 5.19. The van der Waals surface area contributed by atoms with Gasteiger partial charge in [0.1, 0.15) is 6.07 Å². The third-order valence-corrected chi connectivity index (χ3v) is 1.57. The van der Waals surface area contributed by atoms with Crippen LogP contribution in [0.4, 0.5) is 0 Å². The summed E-state index contributed by atoms with van der Waals surface area (Å²) >= 11 is 0. The van der Waals surface area contributed by atoms with E-state index < -0.39 is 5.97 Å². The smallest absolute Gasteiger partial charge is 0.375 e. The van der Waals surface area contributed by atoms with E-state index in [1.54, 1.807) is 13.0 Å². The number of rotatable bonds is 2. The summed E-state index contributed by atoms with van der Waals surface area (Å²) in [5.41, 5.74) is 0.656. The van der Waals surface area contributed by atoms with E-state index >= 15 is 0 Å². The molecule has 0 radical (unpaired) electrons. The SMILES string of the molecule is C=C1NC(C(=O)OCC#N)=NC1C. The zero-order valence-electron chi connectivity index (χ0n) is 7.20. The van der Waals surface area contributed by atoms with E-state index in [2.05, 4.69) is 21.6 Å². The van der Waals surface area contributed by atoms with Crippen LogP contribution < -0.4 is 5.32 Å². The average molecular weight is 179 g/mol. The van der Waals surface area contributed by atoms with Gasteiger partial charge in [-0.15, -0.1) is 0 Å². The van der Waals surface area contributed by atoms with Crippen molar-refractivity contribution in [2.45, 2.75) is 13.0 Å². The van der Waals surface area contributed by atoms with Crippen LogP contribution in [0.15, 0.2) is 17.3 Å². The number of nitrogens with one attached hydrogen (secondary N) is 1. The molecule has 1 heterocycles. The second-order valence-electron chi connectivity index (χ2n) is 2.54. The van der Waals surface area contributed by atoms with Gasteiger partial charge in [0.2, 0.25) is 5.84 Å². The van der Waals surface area contributed by atoms with Gasteiger partial charge in [-0.1, -0.05) is 6.58 Å². The van der Waals surface area contributed by atoms with E-state index in [0.717, 1.165) is 0 Å². The molecule has 0 saturated heterocycles. The van der Waals surface area contributed by atoms with E-state index in [-0.39, 0.29) is 18.5 Å². The van der Waals surface area contributed by atoms with Crippen molar-refractivity contribution in [1.29, 1.82) is 5.26 Å². The van der Waals surface area contributed by atoms with Gasteiger partial charge >= 0.3 is 5.97 Å². The number of ether oxygens (including phenoxy) is 1. The predicted molar refractivity (Wildman–Crippen MR) is 45.7 cm³/mol. The zero-order chi connectivity index (χ0) is 9.84. The number of carbonyl (C=O) groups excluding carboxylic acids is 1. The first-order chi connectivity index (χ1) is 6.15. The summed E-state index contributed by atoms with van der Waals surface area (Å²) in [6.07, 6.45) is 0. The molecule has 0 bridgehead atoms. The molecule has 1 N–H and O–H groups in total. The van der Waals surface area contributed by atoms with Crippen LogP contribution in [0.3, 0.4) is 0 Å². The maximum Gasteiger partial charge on any atom is 0.375 e. The Morgan fingerprint density at radius 1 is 1.92 bits per heavy atom. The number of nitrogens with zero attached hydrogens (tertiary/aromatic N) is 2. The van der Waals surface area contributed by atoms with Gasteiger partial charge in [-0.2, -0.15) is 5.26 Å². The molecule has 0 saturated carbocycles. The van der Waals surface area contributed by atoms with E-state index in [9.17, 15) is 4.79 Å². The highest BCUT2D eigenvalue weighted by atomic mass is 16.5. The minimum absolute atomic E-state index is 0.118. The lowest BCUT2D eigenvalue weighted by molar-refractivity contribution is -0.134. The van der Waals surface area contributed by atoms with Crippen LogP contribution in [-0.4, -0.2) is 24.5 Å². The Labute approximate surface area is 75.7 Å². The van der Waals surface area contributed by atoms with Crippen LogP contribution in [0.5, 0.6) is 0 Å². The standard InChI is InChI=1S/C8H9N3O2/c1-5-6(2)11-7(10-5)8(12)13-4-3-9/h6H,1,4H2,2H3,(H,10,11). The lowest BCUT2D eigenvalue weighted by Gasteiger charge is -2.00. The molecule has 0 spiro atoms. The number of carbonyl (C=O) groups is 1. The molecule has 68 valence electrons. The highest BCUT2D eigenvalue weighted by Crippen LogP contribution is 2.07. The summed E-state index contributed by atoms with van der Waals surface area (Å²) in [7, 11) is 0. The van der Waals surface area contributed by atoms with Gasteiger partial charge in [-0.3, -0.25) is 4.99 Å². The van der Waals surface area contributed by atoms with Crippen molar-refractivity contribution >= 4 is 11.8 Å². The molecule has 5 heteroatoms. The molecule has 0 fully saturated rings. The fraction of sp³-hybridized carbons (Fsp3) is 0.375. The molecule has 0 aromatic carbocycles. The van der Waals surface area contributed by atoms with Gasteiger partial charge in [0.05, 0.1) is 6.04 Å². The minimum atomic E-state index is -0.618. The highest BCUT2D eigenvalue weighted by Gasteiger charge is 2.23. The summed E-state index contributed by atoms with van der Waals surface area (Å²) < 4.78 is 4.54. The number of hydrogen-bond donors (Lipinski definition) is 1. The van der Waals surface area contributed by atoms with Crippen molar-refractivity contribution in [2.24, 2.45) is 4.99 Å². The first-order valence-electron chi connectivity index (χ1n) is 3.73. The van der Waals surface area contributed by atoms with E-state index in [4.69, 9.17) is 5.26 Å². The molecular formula is C8H9N3O2. The van der Waals surface area contributed by atoms with Crippen molar-refractivity contribution in [3.05, 3.63) is 12.3 Å². The first-order valence-corrected chi connectivity index (χ1v) is 3.73. The van der Waals surface area contributed by atoms with Crippen molar-refractivity contribution in [3.63, 3.8) is 0 Å². The van der Waals surface area contributed by atoms with Crippen LogP contribution in [0, 0.1) is 11.3 Å². The number of esters is 1. The minimum Gasteiger partial charge on any atom is -0.444 e. The summed E-state index contributed by atoms with van der Waals surface area (Å²) in [5.74, 6) is -0.500. The van der Waals surface area contributed by atoms with Crippen molar-refractivity contribution in [1.82, 2.24) is 5.32 Å². The fourth-order valence-corrected chi connectivity index (χ4v) is 0.830. The van der Waals surface area contributed by atoms with Crippen LogP contribution in [0.2, 0.25) is 0 Å². The number of aliphatic imine (C=N–C) groups is 1. The third-order valence-electron chi connectivity index (χ3n) is 1.57. The molecule has 1 rings (SSSR count). The lowest BCUT2D eigenvalue weighted by atomic mass is 10.3. The number of amidine groups is 1. The average Bonchev–Trinajstić information content (AvgIpc) is 2.43. The molecule has 0 aromatic rings. The topological polar surface area (TPSA) is 74.5 Å². The maximum absolute atomic E-state index is 11.1. The quantitative estimate of drug-likeness (QED) is 0.603. The molecular weight excluding hydrogens is 170 g/mol. The molecule has 1 aliphatic heterocycles. The van der Waals surface area contributed by atoms with Crippen molar-refractivity contribution in [3.8, 4) is 6.07 Å². The van der Waals surface area contributed by atoms with Crippen LogP contribution >= 0.6 is 0 Å². The first kappa shape index (κ1) is 9.26. The van der Waals surface area contributed by atoms with Gasteiger partial charge in [0.15, 0.2) is 6.61 Å². The second kappa shape index (κ2) is 3.72. The van der Waals surface area contributed by atoms with Crippen LogP contribution in [-0.2, 0) is 9.53 Å². The molecule has 0 amide bonds. The van der Waals surface area contributed by atoms with Crippen molar-refractivity contribution in [2.75, 3.05) is 6.61 Å². The second-order valence-corrected chi connectivity index (χ2v) is 2.54. The molecule has 1 aliphatic rings. The molecule has 1 unspecified atom stereocenters. The Hall–Kier alpha value is -1.83. The van der Waals surface area contributed by atoms with Gasteiger partial charge in [-0.05, 0) is 6.92 Å². The molecule has 1 atom stereocenters. The summed E-state index contributed by atoms with van der Waals surface area (Å²) in [4.78, 5) is 15.0. The molecule has 0 aliphatic carbocycles. The number of hydrogen-bond acceptors (Lipinski definition) is 5. The van der Waals surface area contributed by atoms with E-state index in [0.29, 0.717) is 5.70 Å². The van der Waals surface area contributed by atoms with E-state index in [1.165, 1.54) is 0 Å². The normalized spacial score (nSPS) is 20.2. The van der Waals surface area contributed by atoms with E-state index in [1.807, 2.05) is 0 Å². The Balaban J connectivity index is 2.55. The van der Waals surface area contributed by atoms with Crippen molar-refractivity contribution < 1.29 is 9.53 Å². The van der Waals surface area contributed by atoms with Gasteiger partial charge < -0.3 is 10.1 Å². The highest BCUT2D eigenvalue weighted by molar-refractivity contribution is 6.36. The van der Waals surface area contributed by atoms with Gasteiger partial charge in [-0.25, -0.2) is 4.79 Å². The monoisotopic (exact) mass is 179 g/mol. The Morgan fingerprint density at radius 3 is 3.08 bits per heavy atom. The van der Waals surface area contributed by atoms with Gasteiger partial charge in [0, 0.05) is 5.70 Å². The third kappa shape index (κ3) is 2.06. The molecule has 5 nitrogen and oxygen atoms in total. The fourth-order valence-electron chi connectivity index (χ4n) is 0.830. The molecule has 0 aromatic heterocycles. The van der Waals surface area contributed by atoms with Crippen LogP contribution in [0.1, 0.15) is 6.92 Å². The summed E-state index contributed by atoms with van der Waals surface area (Å²) in [5, 5.41) is 10.8. The largest absolute Gasteiger partial charge is 0.444 e. The van der Waals surface area contributed by atoms with Gasteiger partial charge in [0.25, 0.3) is 0 Å². The van der Waals surface area contributed by atoms with Crippen LogP contribution in [0.25, 0.3) is 0 Å².